The van der Waals surface area contributed by atoms with Gasteiger partial charge in [0.25, 0.3) is 0 Å². The van der Waals surface area contributed by atoms with E-state index in [0.717, 1.165) is 17.7 Å². The van der Waals surface area contributed by atoms with E-state index in [-0.39, 0.29) is 11.3 Å². The van der Waals surface area contributed by atoms with Crippen molar-refractivity contribution in [2.45, 2.75) is 6.92 Å². The van der Waals surface area contributed by atoms with Crippen LogP contribution in [-0.2, 0) is 0 Å². The summed E-state index contributed by atoms with van der Waals surface area (Å²) >= 11 is 0. The van der Waals surface area contributed by atoms with Crippen LogP contribution in [0.5, 0.6) is 5.75 Å². The van der Waals surface area contributed by atoms with Crippen molar-refractivity contribution in [1.29, 1.82) is 0 Å². The lowest BCUT2D eigenvalue weighted by atomic mass is 10.1. The van der Waals surface area contributed by atoms with E-state index in [0.29, 0.717) is 11.3 Å². The number of carbonyl (C=O) groups excluding carboxylic acids is 1. The molecule has 0 radical (unpaired) electrons. The number of rotatable bonds is 4. The molecule has 0 fully saturated rings. The summed E-state index contributed by atoms with van der Waals surface area (Å²) in [7, 11) is 1.48. The van der Waals surface area contributed by atoms with Crippen molar-refractivity contribution in [2.75, 3.05) is 7.11 Å². The van der Waals surface area contributed by atoms with Gasteiger partial charge in [-0.15, -0.1) is 0 Å². The average molecular weight is 288 g/mol. The summed E-state index contributed by atoms with van der Waals surface area (Å²) in [5, 5.41) is 0. The van der Waals surface area contributed by atoms with Gasteiger partial charge in [0.15, 0.2) is 5.78 Å². The van der Waals surface area contributed by atoms with Crippen molar-refractivity contribution in [1.82, 2.24) is 0 Å². The molecule has 0 saturated carbocycles. The zero-order valence-electron chi connectivity index (χ0n) is 11.7. The van der Waals surface area contributed by atoms with Gasteiger partial charge in [-0.2, -0.15) is 0 Å². The van der Waals surface area contributed by atoms with Crippen LogP contribution in [0.25, 0.3) is 6.08 Å². The molecule has 0 aliphatic heterocycles. The van der Waals surface area contributed by atoms with Gasteiger partial charge in [-0.25, -0.2) is 8.78 Å². The number of allylic oxidation sites excluding steroid dienone is 1. The normalized spacial score (nSPS) is 10.9. The molecule has 2 aromatic carbocycles. The van der Waals surface area contributed by atoms with Crippen LogP contribution >= 0.6 is 0 Å². The van der Waals surface area contributed by atoms with Crippen LogP contribution in [0.3, 0.4) is 0 Å². The van der Waals surface area contributed by atoms with Crippen LogP contribution in [0, 0.1) is 18.6 Å². The highest BCUT2D eigenvalue weighted by atomic mass is 19.1. The minimum atomic E-state index is -0.713. The molecule has 2 nitrogen and oxygen atoms in total. The number of benzene rings is 2. The highest BCUT2D eigenvalue weighted by molar-refractivity contribution is 6.08. The number of hydrogen-bond acceptors (Lipinski definition) is 2. The van der Waals surface area contributed by atoms with Crippen molar-refractivity contribution in [2.24, 2.45) is 0 Å². The van der Waals surface area contributed by atoms with Gasteiger partial charge >= 0.3 is 0 Å². The summed E-state index contributed by atoms with van der Waals surface area (Å²) < 4.78 is 31.4. The van der Waals surface area contributed by atoms with E-state index in [2.05, 4.69) is 0 Å². The Bertz CT molecular complexity index is 706. The van der Waals surface area contributed by atoms with E-state index in [1.807, 2.05) is 13.0 Å². The van der Waals surface area contributed by atoms with E-state index in [4.69, 9.17) is 4.74 Å². The molecule has 0 aliphatic rings. The van der Waals surface area contributed by atoms with Gasteiger partial charge in [0.1, 0.15) is 17.4 Å². The van der Waals surface area contributed by atoms with Gasteiger partial charge in [-0.3, -0.25) is 4.79 Å². The van der Waals surface area contributed by atoms with Crippen LogP contribution in [0.2, 0.25) is 0 Å². The van der Waals surface area contributed by atoms with Crippen LogP contribution < -0.4 is 4.74 Å². The molecule has 21 heavy (non-hydrogen) atoms. The predicted molar refractivity (Wildman–Crippen MR) is 77.5 cm³/mol. The molecule has 0 N–H and O–H groups in total. The molecular weight excluding hydrogens is 274 g/mol. The summed E-state index contributed by atoms with van der Waals surface area (Å²) in [5.41, 5.74) is 1.47. The van der Waals surface area contributed by atoms with Crippen LogP contribution in [-0.4, -0.2) is 12.9 Å². The second-order valence-electron chi connectivity index (χ2n) is 4.57. The minimum absolute atomic E-state index is 0.149. The van der Waals surface area contributed by atoms with E-state index in [1.54, 1.807) is 12.1 Å². The highest BCUT2D eigenvalue weighted by Gasteiger charge is 2.10. The Morgan fingerprint density at radius 3 is 2.57 bits per heavy atom. The summed E-state index contributed by atoms with van der Waals surface area (Å²) in [5.74, 6) is -1.22. The summed E-state index contributed by atoms with van der Waals surface area (Å²) in [4.78, 5) is 12.2. The number of carbonyl (C=O) groups is 1. The second-order valence-corrected chi connectivity index (χ2v) is 4.57. The first-order valence-corrected chi connectivity index (χ1v) is 6.33. The zero-order chi connectivity index (χ0) is 15.4. The van der Waals surface area contributed by atoms with E-state index in [9.17, 15) is 13.6 Å². The maximum absolute atomic E-state index is 13.5. The zero-order valence-corrected chi connectivity index (χ0v) is 11.7. The van der Waals surface area contributed by atoms with Crippen molar-refractivity contribution in [3.63, 3.8) is 0 Å². The van der Waals surface area contributed by atoms with Crippen molar-refractivity contribution < 1.29 is 18.3 Å². The minimum Gasteiger partial charge on any atom is -0.496 e. The topological polar surface area (TPSA) is 26.3 Å². The molecule has 0 heterocycles. The van der Waals surface area contributed by atoms with Crippen LogP contribution in [0.15, 0.2) is 42.5 Å². The summed E-state index contributed by atoms with van der Waals surface area (Å²) in [6.45, 7) is 1.86. The fourth-order valence-corrected chi connectivity index (χ4v) is 1.91. The van der Waals surface area contributed by atoms with E-state index < -0.39 is 11.6 Å². The number of ketones is 1. The third kappa shape index (κ3) is 3.54. The third-order valence-electron chi connectivity index (χ3n) is 3.00. The lowest BCUT2D eigenvalue weighted by Crippen LogP contribution is -1.99. The van der Waals surface area contributed by atoms with Crippen molar-refractivity contribution in [3.8, 4) is 5.75 Å². The molecule has 0 bridgehead atoms. The molecule has 4 heteroatoms. The quantitative estimate of drug-likeness (QED) is 0.623. The lowest BCUT2D eigenvalue weighted by Gasteiger charge is -2.06. The fourth-order valence-electron chi connectivity index (χ4n) is 1.91. The molecule has 0 spiro atoms. The molecule has 0 aliphatic carbocycles. The number of halogens is 2. The Morgan fingerprint density at radius 1 is 1.14 bits per heavy atom. The Labute approximate surface area is 121 Å². The first-order chi connectivity index (χ1) is 10.0. The smallest absolute Gasteiger partial charge is 0.189 e. The molecule has 0 atom stereocenters. The van der Waals surface area contributed by atoms with Gasteiger partial charge in [0.2, 0.25) is 0 Å². The van der Waals surface area contributed by atoms with Gasteiger partial charge < -0.3 is 4.74 Å². The monoisotopic (exact) mass is 288 g/mol. The summed E-state index contributed by atoms with van der Waals surface area (Å²) in [6, 6.07) is 8.43. The predicted octanol–water partition coefficient (Wildman–Crippen LogP) is 4.18. The summed E-state index contributed by atoms with van der Waals surface area (Å²) in [6.07, 6.45) is 2.56. The Morgan fingerprint density at radius 2 is 1.90 bits per heavy atom. The van der Waals surface area contributed by atoms with Crippen LogP contribution in [0.4, 0.5) is 8.78 Å². The van der Waals surface area contributed by atoms with E-state index >= 15 is 0 Å². The van der Waals surface area contributed by atoms with Gasteiger partial charge in [-0.1, -0.05) is 11.6 Å². The maximum atomic E-state index is 13.5. The molecule has 0 unspecified atom stereocenters. The SMILES string of the molecule is COc1ccc(C)cc1C(=O)/C=C/c1ccc(F)cc1F. The Balaban J connectivity index is 2.29. The number of ether oxygens (including phenoxy) is 1. The second kappa shape index (κ2) is 6.31. The molecular formula is C17H14F2O2. The molecule has 2 rings (SSSR count). The van der Waals surface area contributed by atoms with E-state index in [1.165, 1.54) is 25.3 Å². The number of aryl methyl sites for hydroxylation is 1. The largest absolute Gasteiger partial charge is 0.496 e. The molecule has 108 valence electrons. The Kier molecular flexibility index (Phi) is 4.48. The Hall–Kier alpha value is -2.49. The number of methoxy groups -OCH3 is 1. The standard InChI is InChI=1S/C17H14F2O2/c1-11-3-8-17(21-2)14(9-11)16(20)7-5-12-4-6-13(18)10-15(12)19/h3-10H,1-2H3/b7-5+. The van der Waals surface area contributed by atoms with Gasteiger partial charge in [0, 0.05) is 11.6 Å². The van der Waals surface area contributed by atoms with Crippen LogP contribution in [0.1, 0.15) is 21.5 Å². The highest BCUT2D eigenvalue weighted by Crippen LogP contribution is 2.21. The van der Waals surface area contributed by atoms with Crippen molar-refractivity contribution >= 4 is 11.9 Å². The molecule has 0 saturated heterocycles. The fraction of sp³-hybridized carbons (Fsp3) is 0.118. The average Bonchev–Trinajstić information content (AvgIpc) is 2.46. The molecule has 0 amide bonds. The van der Waals surface area contributed by atoms with Gasteiger partial charge in [-0.05, 0) is 43.3 Å². The first-order valence-electron chi connectivity index (χ1n) is 6.33. The lowest BCUT2D eigenvalue weighted by molar-refractivity contribution is 0.104. The molecule has 2 aromatic rings. The number of hydrogen-bond donors (Lipinski definition) is 0. The maximum Gasteiger partial charge on any atom is 0.189 e. The van der Waals surface area contributed by atoms with Gasteiger partial charge in [0.05, 0.1) is 12.7 Å². The van der Waals surface area contributed by atoms with Crippen molar-refractivity contribution in [3.05, 3.63) is 70.8 Å². The third-order valence-corrected chi connectivity index (χ3v) is 3.00. The first kappa shape index (κ1) is 14.9. The molecule has 0 aromatic heterocycles.